The van der Waals surface area contributed by atoms with Crippen molar-refractivity contribution in [3.8, 4) is 39.5 Å². The average Bonchev–Trinajstić information content (AvgIpc) is 2.53. The first-order valence-corrected chi connectivity index (χ1v) is 27.6. The van der Waals surface area contributed by atoms with Crippen LogP contribution in [0.25, 0.3) is 22.3 Å². The average molecular weight is 1170 g/mol. The van der Waals surface area contributed by atoms with Crippen LogP contribution < -0.4 is 46.1 Å². The fraction of sp³-hybridized carbons (Fsp3) is 0.475. The van der Waals surface area contributed by atoms with E-state index in [1.165, 1.54) is 27.1 Å². The van der Waals surface area contributed by atoms with Crippen molar-refractivity contribution >= 4 is 48.1 Å². The molecule has 6 rings (SSSR count). The van der Waals surface area contributed by atoms with Crippen molar-refractivity contribution in [2.45, 2.75) is 129 Å². The van der Waals surface area contributed by atoms with E-state index in [0.29, 0.717) is 5.56 Å². The second-order valence-electron chi connectivity index (χ2n) is 23.1. The number of alkyl carbamates (subject to hydrolysis) is 4. The molecule has 0 radical (unpaired) electrons. The zero-order chi connectivity index (χ0) is 61.7. The Bertz CT molecular complexity index is 3010. The maximum absolute atomic E-state index is 15.3. The van der Waals surface area contributed by atoms with E-state index in [1.807, 2.05) is 48.5 Å². The number of carbonyl (C=O) groups excluding carboxylic acids is 8. The van der Waals surface area contributed by atoms with E-state index in [0.717, 1.165) is 34.3 Å². The van der Waals surface area contributed by atoms with E-state index < -0.39 is 89.0 Å². The van der Waals surface area contributed by atoms with Gasteiger partial charge in [-0.1, -0.05) is 54.6 Å². The maximum Gasteiger partial charge on any atom is 0.407 e. The van der Waals surface area contributed by atoms with Crippen LogP contribution in [-0.2, 0) is 49.3 Å². The summed E-state index contributed by atoms with van der Waals surface area (Å²) in [5.41, 5.74) is 2.63. The van der Waals surface area contributed by atoms with Crippen molar-refractivity contribution in [2.75, 3.05) is 60.7 Å². The van der Waals surface area contributed by atoms with Crippen LogP contribution in [0.5, 0.6) is 17.2 Å². The summed E-state index contributed by atoms with van der Waals surface area (Å²) in [6, 6.07) is 17.8. The monoisotopic (exact) mass is 1170 g/mol. The molecule has 0 aromatic heterocycles. The van der Waals surface area contributed by atoms with Gasteiger partial charge in [-0.2, -0.15) is 0 Å². The third-order valence-electron chi connectivity index (χ3n) is 13.0. The summed E-state index contributed by atoms with van der Waals surface area (Å²) in [7, 11) is 3.89. The van der Waals surface area contributed by atoms with Crippen molar-refractivity contribution in [3.63, 3.8) is 0 Å². The number of nitrogens with zero attached hydrogens (tertiary/aromatic N) is 1. The SMILES string of the molecule is COC(=O)[C@@H]1Cc2cc(OCCNC(=O)OC(C)(C)C)c(OC)c(c2)-c2cc(ccc2OCCNC(=O)OC(C)(C)C)[C@H](N(C)C(=O)[C@H](CCNC(=O)OC(C)(C)C)NC(=O)OCC2c3ccccc3-c3ccccc32)C(=O)N[C@@H](C)C(=O)N1. The minimum atomic E-state index is -1.59. The number of hydrogen-bond acceptors (Lipinski definition) is 16. The third kappa shape index (κ3) is 17.9. The summed E-state index contributed by atoms with van der Waals surface area (Å²) in [6.45, 7) is 16.3. The van der Waals surface area contributed by atoms with Crippen LogP contribution >= 0.6 is 0 Å². The highest BCUT2D eigenvalue weighted by molar-refractivity contribution is 5.96. The Morgan fingerprint density at radius 1 is 0.631 bits per heavy atom. The summed E-state index contributed by atoms with van der Waals surface area (Å²) < 4.78 is 46.0. The summed E-state index contributed by atoms with van der Waals surface area (Å²) in [5.74, 6) is -3.17. The van der Waals surface area contributed by atoms with Gasteiger partial charge in [0.1, 0.15) is 66.5 Å². The highest BCUT2D eigenvalue weighted by atomic mass is 16.6. The van der Waals surface area contributed by atoms with Crippen LogP contribution in [0, 0.1) is 0 Å². The zero-order valence-corrected chi connectivity index (χ0v) is 50.0. The molecule has 1 aliphatic carbocycles. The third-order valence-corrected chi connectivity index (χ3v) is 13.0. The number of nitrogens with one attached hydrogen (secondary N) is 6. The molecule has 7 amide bonds. The smallest absolute Gasteiger partial charge is 0.407 e. The normalized spacial score (nSPS) is 16.3. The van der Waals surface area contributed by atoms with E-state index >= 15 is 9.59 Å². The highest BCUT2D eigenvalue weighted by Crippen LogP contribution is 2.46. The van der Waals surface area contributed by atoms with Gasteiger partial charge in [0, 0.05) is 37.1 Å². The molecule has 1 heterocycles. The summed E-state index contributed by atoms with van der Waals surface area (Å²) >= 11 is 0. The van der Waals surface area contributed by atoms with Gasteiger partial charge in [-0.3, -0.25) is 14.4 Å². The predicted octanol–water partition coefficient (Wildman–Crippen LogP) is 7.21. The van der Waals surface area contributed by atoms with Crippen molar-refractivity contribution in [1.29, 1.82) is 0 Å². The van der Waals surface area contributed by atoms with Gasteiger partial charge in [0.2, 0.25) is 17.7 Å². The summed E-state index contributed by atoms with van der Waals surface area (Å²) in [6.07, 6.45) is -3.49. The standard InChI is InChI=1S/C61H79N7O16/c1-35-51(69)66-46(54(72)78-13)31-36-30-43(50(77-12)48(32-36)80-29-27-64-57(75)84-61(8,9)10)42-33-37(22-23-47(42)79-28-26-63-56(74)83-60(5,6)7)49(52(70)65-35)68(11)53(71)45(24-25-62-55(73)82-59(2,3)4)67-58(76)81-34-44-40-20-16-14-18-38(40)39-19-15-17-21-41(39)44/h14-23,30,32-33,35,44-46,49H,24-29,31,34H2,1-13H3,(H,62,73)(H,63,74)(H,64,75)(H,65,70)(H,66,69)(H,67,76)/t35-,45-,46-,49-/m0/s1. The highest BCUT2D eigenvalue weighted by Gasteiger charge is 2.38. The topological polar surface area (TPSA) is 286 Å². The number of esters is 1. The molecule has 4 aromatic rings. The Morgan fingerprint density at radius 3 is 1.70 bits per heavy atom. The van der Waals surface area contributed by atoms with Gasteiger partial charge >= 0.3 is 30.3 Å². The number of amides is 7. The second-order valence-corrected chi connectivity index (χ2v) is 23.1. The number of benzene rings is 4. The molecule has 4 bridgehead atoms. The molecule has 1 aliphatic heterocycles. The largest absolute Gasteiger partial charge is 0.492 e. The molecule has 4 atom stereocenters. The second kappa shape index (κ2) is 28.0. The van der Waals surface area contributed by atoms with Crippen LogP contribution in [0.3, 0.4) is 0 Å². The minimum Gasteiger partial charge on any atom is -0.492 e. The van der Waals surface area contributed by atoms with E-state index in [1.54, 1.807) is 86.6 Å². The molecule has 84 heavy (non-hydrogen) atoms. The van der Waals surface area contributed by atoms with Crippen LogP contribution in [0.2, 0.25) is 0 Å². The van der Waals surface area contributed by atoms with Crippen LogP contribution in [-0.4, -0.2) is 149 Å². The molecule has 0 saturated heterocycles. The van der Waals surface area contributed by atoms with E-state index in [4.69, 9.17) is 37.9 Å². The fourth-order valence-corrected chi connectivity index (χ4v) is 9.43. The fourth-order valence-electron chi connectivity index (χ4n) is 9.43. The number of fused-ring (bicyclic) bond motifs is 8. The summed E-state index contributed by atoms with van der Waals surface area (Å²) in [5, 5.41) is 16.0. The number of ether oxygens (including phenoxy) is 8. The minimum absolute atomic E-state index is 0.0176. The van der Waals surface area contributed by atoms with Crippen molar-refractivity contribution in [3.05, 3.63) is 101 Å². The molecule has 23 heteroatoms. The maximum atomic E-state index is 15.3. The lowest BCUT2D eigenvalue weighted by Crippen LogP contribution is -2.55. The molecule has 454 valence electrons. The Hall–Kier alpha value is -8.76. The predicted molar refractivity (Wildman–Crippen MR) is 310 cm³/mol. The summed E-state index contributed by atoms with van der Waals surface area (Å²) in [4.78, 5) is 111. The van der Waals surface area contributed by atoms with Crippen molar-refractivity contribution in [1.82, 2.24) is 36.8 Å². The molecule has 6 N–H and O–H groups in total. The van der Waals surface area contributed by atoms with E-state index in [9.17, 15) is 28.8 Å². The van der Waals surface area contributed by atoms with E-state index in [2.05, 4.69) is 31.9 Å². The van der Waals surface area contributed by atoms with Gasteiger partial charge in [-0.05, 0) is 133 Å². The Balaban J connectivity index is 1.43. The molecule has 0 saturated carbocycles. The lowest BCUT2D eigenvalue weighted by Gasteiger charge is -2.32. The van der Waals surface area contributed by atoms with Crippen molar-refractivity contribution in [2.24, 2.45) is 0 Å². The van der Waals surface area contributed by atoms with Gasteiger partial charge in [0.05, 0.1) is 27.3 Å². The molecule has 0 spiro atoms. The van der Waals surface area contributed by atoms with Crippen LogP contribution in [0.1, 0.15) is 110 Å². The number of hydrogen-bond donors (Lipinski definition) is 6. The Kier molecular flexibility index (Phi) is 21.5. The quantitative estimate of drug-likeness (QED) is 0.0326. The van der Waals surface area contributed by atoms with Gasteiger partial charge in [-0.25, -0.2) is 24.0 Å². The number of carbonyl (C=O) groups is 8. The lowest BCUT2D eigenvalue weighted by molar-refractivity contribution is -0.145. The molecule has 0 fully saturated rings. The molecule has 0 unspecified atom stereocenters. The van der Waals surface area contributed by atoms with Gasteiger partial charge in [-0.15, -0.1) is 0 Å². The zero-order valence-electron chi connectivity index (χ0n) is 50.0. The van der Waals surface area contributed by atoms with Crippen molar-refractivity contribution < 1.29 is 76.3 Å². The first kappa shape index (κ1) is 64.4. The van der Waals surface area contributed by atoms with Gasteiger partial charge in [0.15, 0.2) is 11.5 Å². The first-order chi connectivity index (χ1) is 39.6. The molecular formula is C61H79N7O16. The van der Waals surface area contributed by atoms with Gasteiger partial charge < -0.3 is 74.7 Å². The molecule has 23 nitrogen and oxygen atoms in total. The lowest BCUT2D eigenvalue weighted by atomic mass is 9.93. The Labute approximate surface area is 489 Å². The molecular weight excluding hydrogens is 1090 g/mol. The van der Waals surface area contributed by atoms with Gasteiger partial charge in [0.25, 0.3) is 0 Å². The number of methoxy groups -OCH3 is 2. The van der Waals surface area contributed by atoms with Crippen LogP contribution in [0.4, 0.5) is 19.2 Å². The molecule has 4 aromatic carbocycles. The molecule has 2 aliphatic rings. The van der Waals surface area contributed by atoms with Crippen LogP contribution in [0.15, 0.2) is 78.9 Å². The number of likely N-dealkylation sites (N-methyl/N-ethyl adjacent to an activating group) is 1. The van der Waals surface area contributed by atoms with E-state index in [-0.39, 0.29) is 92.2 Å². The first-order valence-electron chi connectivity index (χ1n) is 27.6. The Morgan fingerprint density at radius 2 is 1.17 bits per heavy atom. The number of rotatable bonds is 18.